The number of nitriles is 1. The van der Waals surface area contributed by atoms with Gasteiger partial charge in [-0.05, 0) is 29.3 Å². The Morgan fingerprint density at radius 1 is 1.00 bits per heavy atom. The van der Waals surface area contributed by atoms with E-state index in [4.69, 9.17) is 4.74 Å². The first-order valence-electron chi connectivity index (χ1n) is 7.99. The molecule has 118 valence electrons. The fourth-order valence-electron chi connectivity index (χ4n) is 2.69. The minimum atomic E-state index is 0.433. The Bertz CT molecular complexity index is 901. The first-order valence-corrected chi connectivity index (χ1v) is 7.99. The highest BCUT2D eigenvalue weighted by molar-refractivity contribution is 5.87. The zero-order valence-electron chi connectivity index (χ0n) is 13.7. The van der Waals surface area contributed by atoms with Crippen molar-refractivity contribution in [3.63, 3.8) is 0 Å². The number of nitrogens with zero attached hydrogens (tertiary/aromatic N) is 1. The molecule has 0 bridgehead atoms. The summed E-state index contributed by atoms with van der Waals surface area (Å²) in [7, 11) is 0. The monoisotopic (exact) mass is 313 g/mol. The first-order chi connectivity index (χ1) is 11.8. The van der Waals surface area contributed by atoms with E-state index >= 15 is 0 Å². The molecular weight excluding hydrogens is 294 g/mol. The molecule has 0 aromatic heterocycles. The molecule has 0 heterocycles. The largest absolute Gasteiger partial charge is 0.373 e. The fraction of sp³-hybridized carbons (Fsp3) is 0.136. The van der Waals surface area contributed by atoms with Crippen LogP contribution in [0.5, 0.6) is 0 Å². The van der Waals surface area contributed by atoms with Crippen LogP contribution in [0.2, 0.25) is 0 Å². The third-order valence-corrected chi connectivity index (χ3v) is 4.01. The molecule has 0 aliphatic heterocycles. The molecule has 3 aromatic rings. The molecular formula is C22H19NO. The Balaban J connectivity index is 1.67. The Morgan fingerprint density at radius 3 is 2.58 bits per heavy atom. The predicted molar refractivity (Wildman–Crippen MR) is 98.5 cm³/mol. The van der Waals surface area contributed by atoms with Gasteiger partial charge in [0.2, 0.25) is 0 Å². The number of hydrogen-bond acceptors (Lipinski definition) is 2. The van der Waals surface area contributed by atoms with Crippen LogP contribution in [0, 0.1) is 18.3 Å². The molecule has 3 aromatic carbocycles. The maximum absolute atomic E-state index is 9.33. The van der Waals surface area contributed by atoms with Gasteiger partial charge in [-0.15, -0.1) is 0 Å². The molecule has 0 amide bonds. The van der Waals surface area contributed by atoms with E-state index in [0.717, 1.165) is 21.9 Å². The molecule has 0 aliphatic rings. The third kappa shape index (κ3) is 3.71. The second-order valence-electron chi connectivity index (χ2n) is 5.75. The minimum Gasteiger partial charge on any atom is -0.373 e. The van der Waals surface area contributed by atoms with Crippen molar-refractivity contribution in [1.29, 1.82) is 5.26 Å². The van der Waals surface area contributed by atoms with Gasteiger partial charge in [0.1, 0.15) is 0 Å². The van der Waals surface area contributed by atoms with Gasteiger partial charge in [-0.2, -0.15) is 5.26 Å². The first kappa shape index (κ1) is 16.0. The van der Waals surface area contributed by atoms with Crippen LogP contribution in [0.15, 0.2) is 66.7 Å². The Kier molecular flexibility index (Phi) is 5.05. The van der Waals surface area contributed by atoms with Crippen LogP contribution < -0.4 is 0 Å². The minimum absolute atomic E-state index is 0.433. The number of hydrogen-bond donors (Lipinski definition) is 0. The van der Waals surface area contributed by atoms with Gasteiger partial charge in [-0.25, -0.2) is 0 Å². The summed E-state index contributed by atoms with van der Waals surface area (Å²) < 4.78 is 5.78. The molecule has 0 unspecified atom stereocenters. The predicted octanol–water partition coefficient (Wildman–Crippen LogP) is 5.25. The fourth-order valence-corrected chi connectivity index (χ4v) is 2.69. The number of fused-ring (bicyclic) bond motifs is 1. The van der Waals surface area contributed by atoms with Crippen LogP contribution in [0.3, 0.4) is 0 Å². The van der Waals surface area contributed by atoms with Crippen molar-refractivity contribution in [3.8, 4) is 6.07 Å². The van der Waals surface area contributed by atoms with Crippen molar-refractivity contribution in [2.45, 2.75) is 13.5 Å². The van der Waals surface area contributed by atoms with Crippen molar-refractivity contribution < 1.29 is 4.74 Å². The smallest absolute Gasteiger partial charge is 0.0995 e. The van der Waals surface area contributed by atoms with Crippen molar-refractivity contribution >= 4 is 16.8 Å². The Labute approximate surface area is 142 Å². The zero-order valence-corrected chi connectivity index (χ0v) is 13.7. The highest BCUT2D eigenvalue weighted by Crippen LogP contribution is 2.23. The highest BCUT2D eigenvalue weighted by atomic mass is 16.5. The number of benzene rings is 3. The van der Waals surface area contributed by atoms with Crippen LogP contribution >= 0.6 is 0 Å². The van der Waals surface area contributed by atoms with E-state index in [0.29, 0.717) is 18.8 Å². The lowest BCUT2D eigenvalue weighted by Gasteiger charge is -2.09. The van der Waals surface area contributed by atoms with Gasteiger partial charge in [0.05, 0.1) is 24.8 Å². The maximum atomic E-state index is 9.33. The molecule has 0 radical (unpaired) electrons. The molecule has 0 N–H and O–H groups in total. The zero-order chi connectivity index (χ0) is 16.8. The SMILES string of the molecule is Cc1ccc(/C=C/COCc2c(C#N)ccc3ccccc23)cc1. The van der Waals surface area contributed by atoms with Gasteiger partial charge in [0.25, 0.3) is 0 Å². The Hall–Kier alpha value is -2.89. The summed E-state index contributed by atoms with van der Waals surface area (Å²) >= 11 is 0. The normalized spacial score (nSPS) is 11.0. The summed E-state index contributed by atoms with van der Waals surface area (Å²) in [4.78, 5) is 0. The van der Waals surface area contributed by atoms with Crippen molar-refractivity contribution in [2.75, 3.05) is 6.61 Å². The molecule has 0 fully saturated rings. The lowest BCUT2D eigenvalue weighted by Crippen LogP contribution is -1.97. The molecule has 24 heavy (non-hydrogen) atoms. The quantitative estimate of drug-likeness (QED) is 0.603. The molecule has 0 spiro atoms. The van der Waals surface area contributed by atoms with Gasteiger partial charge in [0, 0.05) is 5.56 Å². The van der Waals surface area contributed by atoms with E-state index in [9.17, 15) is 5.26 Å². The molecule has 0 aliphatic carbocycles. The van der Waals surface area contributed by atoms with E-state index in [1.807, 2.05) is 42.5 Å². The lowest BCUT2D eigenvalue weighted by molar-refractivity contribution is 0.150. The molecule has 0 atom stereocenters. The van der Waals surface area contributed by atoms with Crippen molar-refractivity contribution in [1.82, 2.24) is 0 Å². The topological polar surface area (TPSA) is 33.0 Å². The number of ether oxygens (including phenoxy) is 1. The molecule has 2 nitrogen and oxygen atoms in total. The third-order valence-electron chi connectivity index (χ3n) is 4.01. The summed E-state index contributed by atoms with van der Waals surface area (Å²) in [5, 5.41) is 11.5. The number of aryl methyl sites for hydroxylation is 1. The molecule has 0 saturated heterocycles. The average Bonchev–Trinajstić information content (AvgIpc) is 2.63. The number of rotatable bonds is 5. The second-order valence-corrected chi connectivity index (χ2v) is 5.75. The Morgan fingerprint density at radius 2 is 1.79 bits per heavy atom. The molecule has 3 rings (SSSR count). The molecule has 2 heteroatoms. The van der Waals surface area contributed by atoms with E-state index in [2.05, 4.69) is 43.3 Å². The summed E-state index contributed by atoms with van der Waals surface area (Å²) in [6, 6.07) is 22.6. The van der Waals surface area contributed by atoms with E-state index in [1.54, 1.807) is 0 Å². The van der Waals surface area contributed by atoms with Crippen LogP contribution in [-0.2, 0) is 11.3 Å². The highest BCUT2D eigenvalue weighted by Gasteiger charge is 2.07. The molecule has 0 saturated carbocycles. The van der Waals surface area contributed by atoms with Crippen LogP contribution in [0.4, 0.5) is 0 Å². The summed E-state index contributed by atoms with van der Waals surface area (Å²) in [5.41, 5.74) is 4.05. The van der Waals surface area contributed by atoms with Crippen LogP contribution in [-0.4, -0.2) is 6.61 Å². The van der Waals surface area contributed by atoms with Gasteiger partial charge >= 0.3 is 0 Å². The van der Waals surface area contributed by atoms with E-state index in [1.165, 1.54) is 5.56 Å². The van der Waals surface area contributed by atoms with Crippen molar-refractivity contribution in [2.24, 2.45) is 0 Å². The second kappa shape index (κ2) is 7.59. The van der Waals surface area contributed by atoms with Crippen LogP contribution in [0.25, 0.3) is 16.8 Å². The summed E-state index contributed by atoms with van der Waals surface area (Å²) in [6.45, 7) is 3.03. The van der Waals surface area contributed by atoms with Crippen molar-refractivity contribution in [3.05, 3.63) is 89.0 Å². The maximum Gasteiger partial charge on any atom is 0.0995 e. The van der Waals surface area contributed by atoms with Gasteiger partial charge < -0.3 is 4.74 Å². The summed E-state index contributed by atoms with van der Waals surface area (Å²) in [6.07, 6.45) is 4.05. The lowest BCUT2D eigenvalue weighted by atomic mass is 10.0. The van der Waals surface area contributed by atoms with Gasteiger partial charge in [0.15, 0.2) is 0 Å². The average molecular weight is 313 g/mol. The van der Waals surface area contributed by atoms with E-state index < -0.39 is 0 Å². The van der Waals surface area contributed by atoms with Gasteiger partial charge in [-0.1, -0.05) is 72.3 Å². The van der Waals surface area contributed by atoms with Crippen LogP contribution in [0.1, 0.15) is 22.3 Å². The van der Waals surface area contributed by atoms with E-state index in [-0.39, 0.29) is 0 Å². The van der Waals surface area contributed by atoms with Gasteiger partial charge in [-0.3, -0.25) is 0 Å². The standard InChI is InChI=1S/C22H19NO/c1-17-8-10-18(11-9-17)5-4-14-24-16-22-20(15-23)13-12-19-6-2-3-7-21(19)22/h2-13H,14,16H2,1H3/b5-4+. The summed E-state index contributed by atoms with van der Waals surface area (Å²) in [5.74, 6) is 0.